The van der Waals surface area contributed by atoms with Crippen molar-refractivity contribution in [3.05, 3.63) is 35.7 Å². The molecule has 52 valence electrons. The van der Waals surface area contributed by atoms with Crippen LogP contribution in [0.25, 0.3) is 10.1 Å². The molecule has 1 nitrogen and oxygen atoms in total. The van der Waals surface area contributed by atoms with Crippen LogP contribution < -0.4 is 6.15 Å². The van der Waals surface area contributed by atoms with Crippen molar-refractivity contribution in [1.29, 1.82) is 0 Å². The Bertz CT molecular complexity index is 283. The second-order valence-corrected chi connectivity index (χ2v) is 2.91. The first kappa shape index (κ1) is 7.25. The van der Waals surface area contributed by atoms with Gasteiger partial charge >= 0.3 is 0 Å². The van der Waals surface area contributed by atoms with Crippen LogP contribution in [-0.2, 0) is 0 Å². The first-order valence-corrected chi connectivity index (χ1v) is 3.77. The average molecular weight is 151 g/mol. The van der Waals surface area contributed by atoms with E-state index in [-0.39, 0.29) is 6.15 Å². The fourth-order valence-electron chi connectivity index (χ4n) is 0.906. The summed E-state index contributed by atoms with van der Waals surface area (Å²) >= 11 is 1.79. The van der Waals surface area contributed by atoms with Gasteiger partial charge < -0.3 is 6.15 Å². The molecule has 10 heavy (non-hydrogen) atoms. The molecule has 2 rings (SSSR count). The molecule has 1 heterocycles. The zero-order chi connectivity index (χ0) is 6.10. The summed E-state index contributed by atoms with van der Waals surface area (Å²) in [5.74, 6) is 0. The summed E-state index contributed by atoms with van der Waals surface area (Å²) in [5.41, 5.74) is 0. The van der Waals surface area contributed by atoms with Gasteiger partial charge in [0.2, 0.25) is 0 Å². The van der Waals surface area contributed by atoms with E-state index in [0.29, 0.717) is 0 Å². The number of hydrogen-bond acceptors (Lipinski definition) is 2. The molecule has 2 heteroatoms. The lowest BCUT2D eigenvalue weighted by Crippen LogP contribution is -1.56. The molecule has 0 aliphatic heterocycles. The maximum atomic E-state index is 2.14. The smallest absolute Gasteiger partial charge is 0.0342 e. The molecule has 0 atom stereocenters. The van der Waals surface area contributed by atoms with Gasteiger partial charge in [-0.15, -0.1) is 11.3 Å². The molecule has 0 aliphatic carbocycles. The molecule has 0 unspecified atom stereocenters. The minimum absolute atomic E-state index is 0. The van der Waals surface area contributed by atoms with Crippen LogP contribution in [0.1, 0.15) is 0 Å². The SMILES string of the molecule is N.c1ccc2sccc2c1. The molecule has 1 aromatic carbocycles. The van der Waals surface area contributed by atoms with Gasteiger partial charge in [-0.25, -0.2) is 0 Å². The zero-order valence-corrected chi connectivity index (χ0v) is 6.40. The van der Waals surface area contributed by atoms with Gasteiger partial charge in [0.25, 0.3) is 0 Å². The Morgan fingerprint density at radius 1 is 1.00 bits per heavy atom. The summed E-state index contributed by atoms with van der Waals surface area (Å²) < 4.78 is 1.37. The predicted octanol–water partition coefficient (Wildman–Crippen LogP) is 3.06. The molecule has 0 spiro atoms. The minimum Gasteiger partial charge on any atom is -0.344 e. The topological polar surface area (TPSA) is 35.0 Å². The van der Waals surface area contributed by atoms with Crippen molar-refractivity contribution in [3.8, 4) is 0 Å². The maximum absolute atomic E-state index is 2.14. The van der Waals surface area contributed by atoms with E-state index in [9.17, 15) is 0 Å². The molecule has 2 aromatic rings. The Morgan fingerprint density at radius 3 is 2.60 bits per heavy atom. The van der Waals surface area contributed by atoms with Gasteiger partial charge in [-0.3, -0.25) is 0 Å². The Hall–Kier alpha value is -0.860. The van der Waals surface area contributed by atoms with Crippen molar-refractivity contribution in [3.63, 3.8) is 0 Å². The van der Waals surface area contributed by atoms with Gasteiger partial charge in [0.05, 0.1) is 0 Å². The standard InChI is InChI=1S/C8H6S.H3N/c1-2-4-8-7(3-1)5-6-9-8;/h1-6H;1H3. The quantitative estimate of drug-likeness (QED) is 0.617. The van der Waals surface area contributed by atoms with Gasteiger partial charge in [0.15, 0.2) is 0 Å². The van der Waals surface area contributed by atoms with E-state index < -0.39 is 0 Å². The third kappa shape index (κ3) is 1.03. The lowest BCUT2D eigenvalue weighted by atomic mass is 10.3. The number of hydrogen-bond donors (Lipinski definition) is 1. The van der Waals surface area contributed by atoms with Crippen molar-refractivity contribution in [2.75, 3.05) is 0 Å². The average Bonchev–Trinajstić information content (AvgIpc) is 2.33. The normalized spacial score (nSPS) is 9.20. The Labute approximate surface area is 63.9 Å². The highest BCUT2D eigenvalue weighted by atomic mass is 32.1. The number of thiophene rings is 1. The highest BCUT2D eigenvalue weighted by Gasteiger charge is 1.87. The molecular weight excluding hydrogens is 142 g/mol. The molecule has 1 aromatic heterocycles. The third-order valence-electron chi connectivity index (χ3n) is 1.36. The molecule has 0 aliphatic rings. The molecule has 0 radical (unpaired) electrons. The van der Waals surface area contributed by atoms with Crippen LogP contribution in [0.3, 0.4) is 0 Å². The van der Waals surface area contributed by atoms with E-state index in [1.165, 1.54) is 10.1 Å². The second-order valence-electron chi connectivity index (χ2n) is 1.96. The molecule has 3 N–H and O–H groups in total. The van der Waals surface area contributed by atoms with Gasteiger partial charge in [-0.2, -0.15) is 0 Å². The third-order valence-corrected chi connectivity index (χ3v) is 2.26. The van der Waals surface area contributed by atoms with E-state index in [2.05, 4.69) is 35.7 Å². The monoisotopic (exact) mass is 151 g/mol. The molecule has 0 amide bonds. The first-order valence-electron chi connectivity index (χ1n) is 2.89. The lowest BCUT2D eigenvalue weighted by Gasteiger charge is -1.82. The van der Waals surface area contributed by atoms with Crippen molar-refractivity contribution in [2.24, 2.45) is 0 Å². The van der Waals surface area contributed by atoms with Crippen molar-refractivity contribution >= 4 is 21.4 Å². The van der Waals surface area contributed by atoms with Crippen LogP contribution in [-0.4, -0.2) is 0 Å². The number of benzene rings is 1. The van der Waals surface area contributed by atoms with Gasteiger partial charge in [0, 0.05) is 4.70 Å². The fraction of sp³-hybridized carbons (Fsp3) is 0. The van der Waals surface area contributed by atoms with E-state index in [0.717, 1.165) is 0 Å². The zero-order valence-electron chi connectivity index (χ0n) is 5.58. The minimum atomic E-state index is 0. The van der Waals surface area contributed by atoms with E-state index in [1.54, 1.807) is 11.3 Å². The van der Waals surface area contributed by atoms with Crippen molar-refractivity contribution in [2.45, 2.75) is 0 Å². The highest BCUT2D eigenvalue weighted by Crippen LogP contribution is 2.18. The van der Waals surface area contributed by atoms with Crippen molar-refractivity contribution in [1.82, 2.24) is 6.15 Å². The number of rotatable bonds is 0. The molecule has 0 fully saturated rings. The van der Waals surface area contributed by atoms with Gasteiger partial charge in [0.1, 0.15) is 0 Å². The summed E-state index contributed by atoms with van der Waals surface area (Å²) in [7, 11) is 0. The van der Waals surface area contributed by atoms with Gasteiger partial charge in [-0.05, 0) is 22.9 Å². The summed E-state index contributed by atoms with van der Waals surface area (Å²) in [5, 5.41) is 3.47. The fourth-order valence-corrected chi connectivity index (χ4v) is 1.70. The molecule has 0 bridgehead atoms. The Morgan fingerprint density at radius 2 is 1.80 bits per heavy atom. The molecule has 0 saturated heterocycles. The van der Waals surface area contributed by atoms with E-state index in [1.807, 2.05) is 0 Å². The summed E-state index contributed by atoms with van der Waals surface area (Å²) in [6, 6.07) is 10.5. The van der Waals surface area contributed by atoms with Crippen molar-refractivity contribution < 1.29 is 0 Å². The first-order chi connectivity index (χ1) is 4.47. The summed E-state index contributed by atoms with van der Waals surface area (Å²) in [4.78, 5) is 0. The molecular formula is C8H9NS. The van der Waals surface area contributed by atoms with Crippen LogP contribution in [0.4, 0.5) is 0 Å². The Balaban J connectivity index is 0.000000500. The van der Waals surface area contributed by atoms with Crippen LogP contribution in [0.15, 0.2) is 35.7 Å². The summed E-state index contributed by atoms with van der Waals surface area (Å²) in [6.07, 6.45) is 0. The van der Waals surface area contributed by atoms with Crippen LogP contribution >= 0.6 is 11.3 Å². The van der Waals surface area contributed by atoms with E-state index >= 15 is 0 Å². The largest absolute Gasteiger partial charge is 0.344 e. The van der Waals surface area contributed by atoms with Crippen LogP contribution in [0.2, 0.25) is 0 Å². The second kappa shape index (κ2) is 2.82. The van der Waals surface area contributed by atoms with Crippen LogP contribution in [0, 0.1) is 0 Å². The summed E-state index contributed by atoms with van der Waals surface area (Å²) in [6.45, 7) is 0. The molecule has 0 saturated carbocycles. The van der Waals surface area contributed by atoms with E-state index in [4.69, 9.17) is 0 Å². The van der Waals surface area contributed by atoms with Crippen LogP contribution in [0.5, 0.6) is 0 Å². The maximum Gasteiger partial charge on any atom is 0.0342 e. The van der Waals surface area contributed by atoms with Gasteiger partial charge in [-0.1, -0.05) is 18.2 Å². The highest BCUT2D eigenvalue weighted by molar-refractivity contribution is 7.17. The number of fused-ring (bicyclic) bond motifs is 1. The predicted molar refractivity (Wildman–Crippen MR) is 46.8 cm³/mol. The lowest BCUT2D eigenvalue weighted by molar-refractivity contribution is 1.86. The Kier molecular flexibility index (Phi) is 2.04.